The van der Waals surface area contributed by atoms with E-state index < -0.39 is 0 Å². The molecule has 0 aliphatic heterocycles. The molecule has 3 nitrogen and oxygen atoms in total. The van der Waals surface area contributed by atoms with Crippen LogP contribution in [-0.4, -0.2) is 11.0 Å². The second-order valence-corrected chi connectivity index (χ2v) is 5.98. The summed E-state index contributed by atoms with van der Waals surface area (Å²) in [5.41, 5.74) is 8.58. The first kappa shape index (κ1) is 12.6. The lowest BCUT2D eigenvalue weighted by Gasteiger charge is -2.26. The number of aromatic nitrogens is 1. The smallest absolute Gasteiger partial charge is 0.133 e. The van der Waals surface area contributed by atoms with Gasteiger partial charge in [-0.25, -0.2) is 4.98 Å². The molecule has 1 aliphatic carbocycles. The van der Waals surface area contributed by atoms with E-state index in [0.29, 0.717) is 6.04 Å². The number of nitrogens with two attached hydrogens (primary N) is 1. The van der Waals surface area contributed by atoms with E-state index in [2.05, 4.69) is 32.8 Å². The lowest BCUT2D eigenvalue weighted by molar-refractivity contribution is 0.742. The van der Waals surface area contributed by atoms with Crippen molar-refractivity contribution in [2.24, 2.45) is 5.73 Å². The number of thiophene rings is 1. The molecule has 1 aliphatic rings. The highest BCUT2D eigenvalue weighted by atomic mass is 32.1. The molecule has 0 aromatic carbocycles. The maximum atomic E-state index is 6.08. The minimum Gasteiger partial charge on any atom is -0.349 e. The standard InChI is InChI=1S/C15H19N3S/c1-11(16)14-3-2-7-17-15(14)18(13-4-5-13)9-12-6-8-19-10-12/h2-3,6-8,10-11,13H,4-5,9,16H2,1H3/t11-/m1/s1. The second-order valence-electron chi connectivity index (χ2n) is 5.20. The molecule has 1 fully saturated rings. The van der Waals surface area contributed by atoms with E-state index in [1.807, 2.05) is 19.2 Å². The van der Waals surface area contributed by atoms with Crippen molar-refractivity contribution in [2.45, 2.75) is 38.4 Å². The van der Waals surface area contributed by atoms with Gasteiger partial charge in [0.05, 0.1) is 0 Å². The van der Waals surface area contributed by atoms with Gasteiger partial charge in [-0.2, -0.15) is 11.3 Å². The fourth-order valence-corrected chi connectivity index (χ4v) is 3.01. The van der Waals surface area contributed by atoms with Crippen LogP contribution in [0, 0.1) is 0 Å². The van der Waals surface area contributed by atoms with E-state index in [9.17, 15) is 0 Å². The lowest BCUT2D eigenvalue weighted by Crippen LogP contribution is -2.28. The Kier molecular flexibility index (Phi) is 3.53. The quantitative estimate of drug-likeness (QED) is 0.908. The summed E-state index contributed by atoms with van der Waals surface area (Å²) in [6.07, 6.45) is 4.39. The van der Waals surface area contributed by atoms with Gasteiger partial charge in [0.2, 0.25) is 0 Å². The maximum Gasteiger partial charge on any atom is 0.133 e. The number of pyridine rings is 1. The Labute approximate surface area is 118 Å². The van der Waals surface area contributed by atoms with Gasteiger partial charge in [0, 0.05) is 30.4 Å². The molecule has 0 radical (unpaired) electrons. The molecule has 2 heterocycles. The summed E-state index contributed by atoms with van der Waals surface area (Å²) >= 11 is 1.75. The molecule has 0 saturated heterocycles. The third-order valence-corrected chi connectivity index (χ3v) is 4.23. The largest absolute Gasteiger partial charge is 0.349 e. The van der Waals surface area contributed by atoms with E-state index >= 15 is 0 Å². The van der Waals surface area contributed by atoms with Crippen LogP contribution in [0.4, 0.5) is 5.82 Å². The summed E-state index contributed by atoms with van der Waals surface area (Å²) < 4.78 is 0. The molecule has 100 valence electrons. The fraction of sp³-hybridized carbons (Fsp3) is 0.400. The third kappa shape index (κ3) is 2.80. The van der Waals surface area contributed by atoms with Crippen LogP contribution in [0.2, 0.25) is 0 Å². The van der Waals surface area contributed by atoms with Gasteiger partial charge >= 0.3 is 0 Å². The average molecular weight is 273 g/mol. The van der Waals surface area contributed by atoms with Crippen molar-refractivity contribution in [3.63, 3.8) is 0 Å². The van der Waals surface area contributed by atoms with Crippen LogP contribution >= 0.6 is 11.3 Å². The van der Waals surface area contributed by atoms with E-state index in [0.717, 1.165) is 17.9 Å². The normalized spacial score (nSPS) is 16.3. The van der Waals surface area contributed by atoms with Crippen molar-refractivity contribution < 1.29 is 0 Å². The molecule has 2 aromatic rings. The van der Waals surface area contributed by atoms with Gasteiger partial charge in [0.15, 0.2) is 0 Å². The Hall–Kier alpha value is -1.39. The number of nitrogens with zero attached hydrogens (tertiary/aromatic N) is 2. The first-order valence-corrected chi connectivity index (χ1v) is 7.68. The Morgan fingerprint density at radius 3 is 2.95 bits per heavy atom. The minimum absolute atomic E-state index is 0.0208. The molecule has 0 spiro atoms. The van der Waals surface area contributed by atoms with Gasteiger partial charge < -0.3 is 10.6 Å². The van der Waals surface area contributed by atoms with Crippen LogP contribution in [0.25, 0.3) is 0 Å². The summed E-state index contributed by atoms with van der Waals surface area (Å²) in [4.78, 5) is 7.01. The predicted octanol–water partition coefficient (Wildman–Crippen LogP) is 3.33. The summed E-state index contributed by atoms with van der Waals surface area (Å²) in [6.45, 7) is 2.96. The lowest BCUT2D eigenvalue weighted by atomic mass is 10.1. The summed E-state index contributed by atoms with van der Waals surface area (Å²) in [7, 11) is 0. The second kappa shape index (κ2) is 5.31. The van der Waals surface area contributed by atoms with Crippen LogP contribution in [-0.2, 0) is 6.54 Å². The Morgan fingerprint density at radius 2 is 2.32 bits per heavy atom. The molecule has 1 atom stereocenters. The Morgan fingerprint density at radius 1 is 1.47 bits per heavy atom. The molecule has 0 unspecified atom stereocenters. The zero-order chi connectivity index (χ0) is 13.2. The molecule has 2 aromatic heterocycles. The predicted molar refractivity (Wildman–Crippen MR) is 80.4 cm³/mol. The van der Waals surface area contributed by atoms with E-state index in [1.165, 1.54) is 18.4 Å². The fourth-order valence-electron chi connectivity index (χ4n) is 2.35. The maximum absolute atomic E-state index is 6.08. The van der Waals surface area contributed by atoms with Crippen molar-refractivity contribution in [2.75, 3.05) is 4.90 Å². The summed E-state index contributed by atoms with van der Waals surface area (Å²) in [5, 5.41) is 4.34. The summed E-state index contributed by atoms with van der Waals surface area (Å²) in [5.74, 6) is 1.06. The first-order valence-electron chi connectivity index (χ1n) is 6.74. The van der Waals surface area contributed by atoms with Gasteiger partial charge in [-0.15, -0.1) is 0 Å². The number of rotatable bonds is 5. The molecule has 0 amide bonds. The number of hydrogen-bond acceptors (Lipinski definition) is 4. The molecule has 4 heteroatoms. The molecule has 3 rings (SSSR count). The van der Waals surface area contributed by atoms with Crippen LogP contribution < -0.4 is 10.6 Å². The summed E-state index contributed by atoms with van der Waals surface area (Å²) in [6, 6.07) is 6.90. The zero-order valence-electron chi connectivity index (χ0n) is 11.1. The van der Waals surface area contributed by atoms with Crippen molar-refractivity contribution in [1.82, 2.24) is 4.98 Å². The molecule has 0 bridgehead atoms. The number of anilines is 1. The average Bonchev–Trinajstić information content (AvgIpc) is 3.13. The topological polar surface area (TPSA) is 42.1 Å². The Balaban J connectivity index is 1.92. The van der Waals surface area contributed by atoms with Crippen LogP contribution in [0.5, 0.6) is 0 Å². The van der Waals surface area contributed by atoms with Crippen molar-refractivity contribution in [3.05, 3.63) is 46.3 Å². The van der Waals surface area contributed by atoms with Gasteiger partial charge in [-0.05, 0) is 48.2 Å². The highest BCUT2D eigenvalue weighted by molar-refractivity contribution is 7.07. The van der Waals surface area contributed by atoms with E-state index in [-0.39, 0.29) is 6.04 Å². The van der Waals surface area contributed by atoms with Crippen LogP contribution in [0.3, 0.4) is 0 Å². The van der Waals surface area contributed by atoms with E-state index in [1.54, 1.807) is 11.3 Å². The molecule has 2 N–H and O–H groups in total. The molecular formula is C15H19N3S. The van der Waals surface area contributed by atoms with Crippen molar-refractivity contribution >= 4 is 17.2 Å². The van der Waals surface area contributed by atoms with Gasteiger partial charge in [0.25, 0.3) is 0 Å². The van der Waals surface area contributed by atoms with Gasteiger partial charge in [-0.1, -0.05) is 6.07 Å². The zero-order valence-corrected chi connectivity index (χ0v) is 11.9. The highest BCUT2D eigenvalue weighted by Crippen LogP contribution is 2.35. The monoisotopic (exact) mass is 273 g/mol. The third-order valence-electron chi connectivity index (χ3n) is 3.50. The SMILES string of the molecule is C[C@@H](N)c1cccnc1N(Cc1ccsc1)C1CC1. The molecular weight excluding hydrogens is 254 g/mol. The molecule has 1 saturated carbocycles. The van der Waals surface area contributed by atoms with Crippen molar-refractivity contribution in [1.29, 1.82) is 0 Å². The highest BCUT2D eigenvalue weighted by Gasteiger charge is 2.31. The minimum atomic E-state index is 0.0208. The van der Waals surface area contributed by atoms with Crippen molar-refractivity contribution in [3.8, 4) is 0 Å². The van der Waals surface area contributed by atoms with Gasteiger partial charge in [0.1, 0.15) is 5.82 Å². The van der Waals surface area contributed by atoms with Crippen LogP contribution in [0.15, 0.2) is 35.2 Å². The first-order chi connectivity index (χ1) is 9.25. The Bertz CT molecular complexity index is 532. The van der Waals surface area contributed by atoms with Crippen LogP contribution in [0.1, 0.15) is 36.9 Å². The van der Waals surface area contributed by atoms with Gasteiger partial charge in [-0.3, -0.25) is 0 Å². The van der Waals surface area contributed by atoms with E-state index in [4.69, 9.17) is 5.73 Å². The molecule has 19 heavy (non-hydrogen) atoms. The number of hydrogen-bond donors (Lipinski definition) is 1.